The van der Waals surface area contributed by atoms with Crippen LogP contribution in [0.25, 0.3) is 0 Å². The third kappa shape index (κ3) is 4.24. The van der Waals surface area contributed by atoms with Crippen LogP contribution in [0.2, 0.25) is 0 Å². The Hall–Kier alpha value is -2.07. The number of nitrogens with one attached hydrogen (secondary N) is 2. The largest absolute Gasteiger partial charge is 0.387 e. The molecule has 0 radical (unpaired) electrons. The number of pyridine rings is 1. The number of nitrogens with zero attached hydrogens (tertiary/aromatic N) is 1. The fraction of sp³-hybridized carbons (Fsp3) is 0.312. The molecule has 1 aromatic carbocycles. The van der Waals surface area contributed by atoms with E-state index in [0.717, 1.165) is 30.2 Å². The Labute approximate surface area is 119 Å². The smallest absolute Gasteiger partial charge is 0.128 e. The Balaban J connectivity index is 1.90. The predicted octanol–water partition coefficient (Wildman–Crippen LogP) is 3.05. The maximum absolute atomic E-state index is 10.1. The summed E-state index contributed by atoms with van der Waals surface area (Å²) in [6, 6.07) is 15.4. The first-order chi connectivity index (χ1) is 9.79. The van der Waals surface area contributed by atoms with E-state index in [4.69, 9.17) is 0 Å². The minimum absolute atomic E-state index is 0.439. The molecule has 1 heterocycles. The van der Waals surface area contributed by atoms with Crippen LogP contribution < -0.4 is 10.6 Å². The highest BCUT2D eigenvalue weighted by Gasteiger charge is 2.06. The van der Waals surface area contributed by atoms with Gasteiger partial charge >= 0.3 is 0 Å². The monoisotopic (exact) mass is 271 g/mol. The molecule has 1 aromatic heterocycles. The highest BCUT2D eigenvalue weighted by Crippen LogP contribution is 2.14. The van der Waals surface area contributed by atoms with Gasteiger partial charge in [0.2, 0.25) is 0 Å². The molecule has 20 heavy (non-hydrogen) atoms. The van der Waals surface area contributed by atoms with Gasteiger partial charge in [-0.25, -0.2) is 4.98 Å². The molecule has 4 nitrogen and oxygen atoms in total. The maximum atomic E-state index is 10.1. The second-order valence-electron chi connectivity index (χ2n) is 4.64. The van der Waals surface area contributed by atoms with Crippen molar-refractivity contribution in [1.82, 2.24) is 4.98 Å². The van der Waals surface area contributed by atoms with E-state index in [0.29, 0.717) is 6.54 Å². The third-order valence-corrected chi connectivity index (χ3v) is 2.97. The Morgan fingerprint density at radius 2 is 1.70 bits per heavy atom. The molecule has 0 aliphatic heterocycles. The molecule has 1 unspecified atom stereocenters. The second-order valence-corrected chi connectivity index (χ2v) is 4.64. The zero-order valence-electron chi connectivity index (χ0n) is 11.7. The lowest BCUT2D eigenvalue weighted by Crippen LogP contribution is -2.13. The van der Waals surface area contributed by atoms with Crippen molar-refractivity contribution in [2.45, 2.75) is 19.4 Å². The number of aliphatic hydroxyl groups excluding tert-OH is 1. The van der Waals surface area contributed by atoms with Crippen LogP contribution in [-0.4, -0.2) is 23.2 Å². The van der Waals surface area contributed by atoms with Gasteiger partial charge in [0.05, 0.1) is 6.10 Å². The summed E-state index contributed by atoms with van der Waals surface area (Å²) in [5, 5.41) is 16.5. The molecular formula is C16H21N3O. The zero-order chi connectivity index (χ0) is 14.2. The average Bonchev–Trinajstić information content (AvgIpc) is 2.52. The molecule has 0 spiro atoms. The summed E-state index contributed by atoms with van der Waals surface area (Å²) >= 11 is 0. The van der Waals surface area contributed by atoms with Crippen molar-refractivity contribution in [2.24, 2.45) is 0 Å². The van der Waals surface area contributed by atoms with Crippen LogP contribution >= 0.6 is 0 Å². The van der Waals surface area contributed by atoms with Crippen molar-refractivity contribution in [1.29, 1.82) is 0 Å². The first-order valence-corrected chi connectivity index (χ1v) is 6.97. The molecule has 0 aliphatic rings. The first-order valence-electron chi connectivity index (χ1n) is 6.97. The predicted molar refractivity (Wildman–Crippen MR) is 82.9 cm³/mol. The second kappa shape index (κ2) is 7.50. The molecule has 0 fully saturated rings. The van der Waals surface area contributed by atoms with Crippen LogP contribution in [0.15, 0.2) is 48.5 Å². The van der Waals surface area contributed by atoms with Crippen molar-refractivity contribution in [3.8, 4) is 0 Å². The van der Waals surface area contributed by atoms with E-state index in [-0.39, 0.29) is 0 Å². The first kappa shape index (κ1) is 14.3. The molecule has 0 saturated carbocycles. The van der Waals surface area contributed by atoms with E-state index < -0.39 is 6.10 Å². The third-order valence-electron chi connectivity index (χ3n) is 2.97. The minimum atomic E-state index is -0.537. The molecule has 0 amide bonds. The van der Waals surface area contributed by atoms with Gasteiger partial charge in [0.15, 0.2) is 0 Å². The SMILES string of the molecule is CCCNc1cccc(NCC(O)c2ccccc2)n1. The fourth-order valence-electron chi connectivity index (χ4n) is 1.88. The summed E-state index contributed by atoms with van der Waals surface area (Å²) in [4.78, 5) is 4.44. The van der Waals surface area contributed by atoms with Gasteiger partial charge in [0, 0.05) is 13.1 Å². The molecule has 2 aromatic rings. The van der Waals surface area contributed by atoms with Crippen LogP contribution in [-0.2, 0) is 0 Å². The van der Waals surface area contributed by atoms with E-state index in [1.165, 1.54) is 0 Å². The van der Waals surface area contributed by atoms with Gasteiger partial charge in [0.1, 0.15) is 11.6 Å². The maximum Gasteiger partial charge on any atom is 0.128 e. The summed E-state index contributed by atoms with van der Waals surface area (Å²) in [7, 11) is 0. The number of benzene rings is 1. The Morgan fingerprint density at radius 3 is 2.40 bits per heavy atom. The molecule has 0 saturated heterocycles. The van der Waals surface area contributed by atoms with Gasteiger partial charge in [-0.2, -0.15) is 0 Å². The molecule has 0 aliphatic carbocycles. The van der Waals surface area contributed by atoms with Crippen molar-refractivity contribution in [2.75, 3.05) is 23.7 Å². The van der Waals surface area contributed by atoms with Crippen molar-refractivity contribution in [3.05, 3.63) is 54.1 Å². The number of rotatable bonds is 7. The van der Waals surface area contributed by atoms with Crippen LogP contribution in [0, 0.1) is 0 Å². The van der Waals surface area contributed by atoms with Gasteiger partial charge in [0.25, 0.3) is 0 Å². The van der Waals surface area contributed by atoms with Gasteiger partial charge < -0.3 is 15.7 Å². The molecular weight excluding hydrogens is 250 g/mol. The van der Waals surface area contributed by atoms with Crippen LogP contribution in [0.1, 0.15) is 25.0 Å². The Morgan fingerprint density at radius 1 is 1.00 bits per heavy atom. The molecule has 4 heteroatoms. The van der Waals surface area contributed by atoms with E-state index in [1.807, 2.05) is 48.5 Å². The van der Waals surface area contributed by atoms with E-state index in [1.54, 1.807) is 0 Å². The number of aliphatic hydroxyl groups is 1. The molecule has 3 N–H and O–H groups in total. The summed E-state index contributed by atoms with van der Waals surface area (Å²) in [5.41, 5.74) is 0.903. The lowest BCUT2D eigenvalue weighted by molar-refractivity contribution is 0.191. The highest BCUT2D eigenvalue weighted by atomic mass is 16.3. The zero-order valence-corrected chi connectivity index (χ0v) is 11.7. The molecule has 106 valence electrons. The quantitative estimate of drug-likeness (QED) is 0.724. The number of aromatic nitrogens is 1. The van der Waals surface area contributed by atoms with Crippen LogP contribution in [0.3, 0.4) is 0 Å². The highest BCUT2D eigenvalue weighted by molar-refractivity contribution is 5.45. The van der Waals surface area contributed by atoms with Crippen molar-refractivity contribution in [3.63, 3.8) is 0 Å². The summed E-state index contributed by atoms with van der Waals surface area (Å²) in [6.45, 7) is 3.46. The van der Waals surface area contributed by atoms with Gasteiger partial charge in [-0.05, 0) is 24.1 Å². The van der Waals surface area contributed by atoms with E-state index in [2.05, 4.69) is 22.5 Å². The fourth-order valence-corrected chi connectivity index (χ4v) is 1.88. The van der Waals surface area contributed by atoms with Crippen molar-refractivity contribution < 1.29 is 5.11 Å². The Bertz CT molecular complexity index is 516. The number of hydrogen-bond acceptors (Lipinski definition) is 4. The van der Waals surface area contributed by atoms with E-state index >= 15 is 0 Å². The number of hydrogen-bond donors (Lipinski definition) is 3. The van der Waals surface area contributed by atoms with Gasteiger partial charge in [-0.1, -0.05) is 43.3 Å². The van der Waals surface area contributed by atoms with Gasteiger partial charge in [-0.3, -0.25) is 0 Å². The number of anilines is 2. The minimum Gasteiger partial charge on any atom is -0.387 e. The lowest BCUT2D eigenvalue weighted by Gasteiger charge is -2.13. The topological polar surface area (TPSA) is 57.2 Å². The molecule has 1 atom stereocenters. The Kier molecular flexibility index (Phi) is 5.38. The summed E-state index contributed by atoms with van der Waals surface area (Å²) in [5.74, 6) is 1.62. The van der Waals surface area contributed by atoms with E-state index in [9.17, 15) is 5.11 Å². The van der Waals surface area contributed by atoms with Crippen LogP contribution in [0.5, 0.6) is 0 Å². The summed E-state index contributed by atoms with van der Waals surface area (Å²) in [6.07, 6.45) is 0.525. The molecule has 0 bridgehead atoms. The van der Waals surface area contributed by atoms with Crippen molar-refractivity contribution >= 4 is 11.6 Å². The lowest BCUT2D eigenvalue weighted by atomic mass is 10.1. The average molecular weight is 271 g/mol. The standard InChI is InChI=1S/C16H21N3O/c1-2-11-17-15-9-6-10-16(19-15)18-12-14(20)13-7-4-3-5-8-13/h3-10,14,20H,2,11-12H2,1H3,(H2,17,18,19). The normalized spacial score (nSPS) is 11.9. The summed E-state index contributed by atoms with van der Waals surface area (Å²) < 4.78 is 0. The van der Waals surface area contributed by atoms with Crippen LogP contribution in [0.4, 0.5) is 11.6 Å². The molecule has 2 rings (SSSR count). The van der Waals surface area contributed by atoms with Gasteiger partial charge in [-0.15, -0.1) is 0 Å².